The zero-order valence-corrected chi connectivity index (χ0v) is 20.5. The molecule has 0 unspecified atom stereocenters. The van der Waals surface area contributed by atoms with Crippen molar-refractivity contribution in [3.8, 4) is 11.1 Å². The molecular formula is C25H27N3O4S2. The minimum Gasteiger partial charge on any atom is -0.351 e. The molecule has 0 saturated carbocycles. The first-order valence-electron chi connectivity index (χ1n) is 11.1. The fourth-order valence-electron chi connectivity index (χ4n) is 3.89. The third-order valence-electron chi connectivity index (χ3n) is 5.69. The summed E-state index contributed by atoms with van der Waals surface area (Å²) >= 11 is 1.14. The molecular weight excluding hydrogens is 470 g/mol. The number of carbonyl (C=O) groups excluding carboxylic acids is 2. The molecule has 178 valence electrons. The molecule has 0 bridgehead atoms. The van der Waals surface area contributed by atoms with Gasteiger partial charge in [-0.25, -0.2) is 13.1 Å². The van der Waals surface area contributed by atoms with Crippen molar-refractivity contribution < 1.29 is 18.0 Å². The van der Waals surface area contributed by atoms with Gasteiger partial charge in [0.1, 0.15) is 4.21 Å². The Morgan fingerprint density at radius 1 is 1.03 bits per heavy atom. The zero-order valence-electron chi connectivity index (χ0n) is 18.9. The van der Waals surface area contributed by atoms with Gasteiger partial charge < -0.3 is 10.2 Å². The minimum atomic E-state index is -3.68. The Bertz CT molecular complexity index is 1280. The van der Waals surface area contributed by atoms with E-state index in [1.165, 1.54) is 6.92 Å². The predicted octanol–water partition coefficient (Wildman–Crippen LogP) is 3.65. The lowest BCUT2D eigenvalue weighted by Gasteiger charge is -2.16. The van der Waals surface area contributed by atoms with Crippen molar-refractivity contribution in [2.24, 2.45) is 0 Å². The fraction of sp³-hybridized carbons (Fsp3) is 0.280. The van der Waals surface area contributed by atoms with Crippen molar-refractivity contribution in [3.05, 3.63) is 76.7 Å². The first kappa shape index (κ1) is 24.1. The number of sulfonamides is 1. The number of hydrogen-bond donors (Lipinski definition) is 2. The van der Waals surface area contributed by atoms with Crippen LogP contribution in [-0.4, -0.2) is 31.7 Å². The van der Waals surface area contributed by atoms with Gasteiger partial charge in [-0.1, -0.05) is 48.5 Å². The lowest BCUT2D eigenvalue weighted by Crippen LogP contribution is -2.23. The molecule has 1 aromatic heterocycles. The quantitative estimate of drug-likeness (QED) is 0.472. The predicted molar refractivity (Wildman–Crippen MR) is 132 cm³/mol. The van der Waals surface area contributed by atoms with E-state index in [-0.39, 0.29) is 22.6 Å². The highest BCUT2D eigenvalue weighted by atomic mass is 32.2. The van der Waals surface area contributed by atoms with Gasteiger partial charge in [0.15, 0.2) is 0 Å². The summed E-state index contributed by atoms with van der Waals surface area (Å²) in [4.78, 5) is 25.6. The molecule has 0 radical (unpaired) electrons. The Kier molecular flexibility index (Phi) is 7.45. The molecule has 2 heterocycles. The van der Waals surface area contributed by atoms with Crippen LogP contribution < -0.4 is 10.0 Å². The zero-order chi connectivity index (χ0) is 24.1. The summed E-state index contributed by atoms with van der Waals surface area (Å²) in [6.07, 6.45) is 1.55. The number of nitrogens with one attached hydrogen (secondary N) is 2. The van der Waals surface area contributed by atoms with E-state index in [2.05, 4.69) is 10.0 Å². The van der Waals surface area contributed by atoms with E-state index in [0.717, 1.165) is 51.4 Å². The molecule has 7 nitrogen and oxygen atoms in total. The standard InChI is InChI=1S/C25H27N3O4S2/c1-18(29)26-16-22-12-13-25(33-22)34(31,32)27-15-21-5-2-3-6-23(21)20-10-8-19(9-11-20)17-28-14-4-7-24(28)30/h2-3,5-6,8-13,27H,4,7,14-17H2,1H3,(H,26,29). The smallest absolute Gasteiger partial charge is 0.250 e. The van der Waals surface area contributed by atoms with Crippen LogP contribution in [0.3, 0.4) is 0 Å². The van der Waals surface area contributed by atoms with Crippen LogP contribution in [0.4, 0.5) is 0 Å². The van der Waals surface area contributed by atoms with Gasteiger partial charge in [-0.05, 0) is 40.8 Å². The monoisotopic (exact) mass is 497 g/mol. The average molecular weight is 498 g/mol. The summed E-state index contributed by atoms with van der Waals surface area (Å²) in [5.74, 6) is 0.0415. The number of hydrogen-bond acceptors (Lipinski definition) is 5. The number of nitrogens with zero attached hydrogens (tertiary/aromatic N) is 1. The van der Waals surface area contributed by atoms with Gasteiger partial charge in [-0.15, -0.1) is 11.3 Å². The molecule has 2 N–H and O–H groups in total. The summed E-state index contributed by atoms with van der Waals surface area (Å²) in [5.41, 5.74) is 3.88. The second-order valence-electron chi connectivity index (χ2n) is 8.23. The summed E-state index contributed by atoms with van der Waals surface area (Å²) in [7, 11) is -3.68. The van der Waals surface area contributed by atoms with E-state index >= 15 is 0 Å². The largest absolute Gasteiger partial charge is 0.351 e. The van der Waals surface area contributed by atoms with Gasteiger partial charge in [0.05, 0.1) is 6.54 Å². The first-order valence-corrected chi connectivity index (χ1v) is 13.4. The van der Waals surface area contributed by atoms with Crippen molar-refractivity contribution >= 4 is 33.2 Å². The highest BCUT2D eigenvalue weighted by Crippen LogP contribution is 2.26. The number of likely N-dealkylation sites (tertiary alicyclic amines) is 1. The van der Waals surface area contributed by atoms with E-state index in [1.54, 1.807) is 12.1 Å². The molecule has 0 aliphatic carbocycles. The number of amides is 2. The molecule has 4 rings (SSSR count). The van der Waals surface area contributed by atoms with Gasteiger partial charge in [0.25, 0.3) is 0 Å². The van der Waals surface area contributed by atoms with E-state index < -0.39 is 10.0 Å². The van der Waals surface area contributed by atoms with Crippen LogP contribution in [0.5, 0.6) is 0 Å². The van der Waals surface area contributed by atoms with E-state index in [1.807, 2.05) is 53.4 Å². The molecule has 0 atom stereocenters. The number of benzene rings is 2. The second kappa shape index (κ2) is 10.5. The lowest BCUT2D eigenvalue weighted by atomic mass is 9.98. The van der Waals surface area contributed by atoms with Crippen molar-refractivity contribution in [1.29, 1.82) is 0 Å². The van der Waals surface area contributed by atoms with E-state index in [0.29, 0.717) is 19.5 Å². The van der Waals surface area contributed by atoms with Crippen molar-refractivity contribution in [2.75, 3.05) is 6.54 Å². The van der Waals surface area contributed by atoms with Gasteiger partial charge in [-0.2, -0.15) is 0 Å². The summed E-state index contributed by atoms with van der Waals surface area (Å²) in [6.45, 7) is 3.31. The van der Waals surface area contributed by atoms with Gasteiger partial charge in [0, 0.05) is 37.9 Å². The molecule has 34 heavy (non-hydrogen) atoms. The molecule has 0 spiro atoms. The fourth-order valence-corrected chi connectivity index (χ4v) is 6.24. The molecule has 1 saturated heterocycles. The Morgan fingerprint density at radius 3 is 2.50 bits per heavy atom. The van der Waals surface area contributed by atoms with E-state index in [4.69, 9.17) is 0 Å². The molecule has 1 aliphatic rings. The highest BCUT2D eigenvalue weighted by molar-refractivity contribution is 7.91. The Hall–Kier alpha value is -3.01. The van der Waals surface area contributed by atoms with Crippen LogP contribution in [0.25, 0.3) is 11.1 Å². The number of carbonyl (C=O) groups is 2. The number of thiophene rings is 1. The number of rotatable bonds is 9. The Morgan fingerprint density at radius 2 is 1.79 bits per heavy atom. The molecule has 3 aromatic rings. The third-order valence-corrected chi connectivity index (χ3v) is 8.67. The SMILES string of the molecule is CC(=O)NCc1ccc(S(=O)(=O)NCc2ccccc2-c2ccc(CN3CCCC3=O)cc2)s1. The maximum Gasteiger partial charge on any atom is 0.250 e. The van der Waals surface area contributed by atoms with Crippen LogP contribution in [0, 0.1) is 0 Å². The van der Waals surface area contributed by atoms with Gasteiger partial charge in [-0.3, -0.25) is 9.59 Å². The van der Waals surface area contributed by atoms with Crippen molar-refractivity contribution in [2.45, 2.75) is 43.6 Å². The Labute approximate surface area is 203 Å². The summed E-state index contributed by atoms with van der Waals surface area (Å²) < 4.78 is 28.6. The van der Waals surface area contributed by atoms with Gasteiger partial charge >= 0.3 is 0 Å². The molecule has 2 aromatic carbocycles. The van der Waals surface area contributed by atoms with E-state index in [9.17, 15) is 18.0 Å². The van der Waals surface area contributed by atoms with Crippen LogP contribution in [0.15, 0.2) is 64.9 Å². The average Bonchev–Trinajstić information content (AvgIpc) is 3.47. The van der Waals surface area contributed by atoms with Gasteiger partial charge in [0.2, 0.25) is 21.8 Å². The lowest BCUT2D eigenvalue weighted by molar-refractivity contribution is -0.128. The molecule has 1 aliphatic heterocycles. The third kappa shape index (κ3) is 5.91. The first-order chi connectivity index (χ1) is 16.3. The molecule has 2 amide bonds. The maximum absolute atomic E-state index is 12.8. The summed E-state index contributed by atoms with van der Waals surface area (Å²) in [5, 5.41) is 2.67. The van der Waals surface area contributed by atoms with Crippen LogP contribution in [0.2, 0.25) is 0 Å². The van der Waals surface area contributed by atoms with Crippen LogP contribution >= 0.6 is 11.3 Å². The maximum atomic E-state index is 12.8. The molecule has 9 heteroatoms. The van der Waals surface area contributed by atoms with Crippen LogP contribution in [0.1, 0.15) is 35.8 Å². The molecule has 1 fully saturated rings. The Balaban J connectivity index is 1.44. The highest BCUT2D eigenvalue weighted by Gasteiger charge is 2.20. The van der Waals surface area contributed by atoms with Crippen LogP contribution in [-0.2, 0) is 39.2 Å². The van der Waals surface area contributed by atoms with Crippen molar-refractivity contribution in [3.63, 3.8) is 0 Å². The summed E-state index contributed by atoms with van der Waals surface area (Å²) in [6, 6.07) is 19.0. The topological polar surface area (TPSA) is 95.6 Å². The van der Waals surface area contributed by atoms with Crippen molar-refractivity contribution in [1.82, 2.24) is 14.9 Å². The normalized spacial score (nSPS) is 13.9. The minimum absolute atomic E-state index is 0.154. The second-order valence-corrected chi connectivity index (χ2v) is 11.4.